The molecule has 1 aromatic carbocycles. The third-order valence-corrected chi connectivity index (χ3v) is 3.61. The van der Waals surface area contributed by atoms with E-state index in [2.05, 4.69) is 17.0 Å². The van der Waals surface area contributed by atoms with Crippen molar-refractivity contribution in [2.24, 2.45) is 0 Å². The van der Waals surface area contributed by atoms with E-state index in [9.17, 15) is 9.59 Å². The summed E-state index contributed by atoms with van der Waals surface area (Å²) in [6, 6.07) is 11.0. The molecule has 0 bridgehead atoms. The summed E-state index contributed by atoms with van der Waals surface area (Å²) in [4.78, 5) is 27.7. The molecule has 6 heteroatoms. The maximum Gasteiger partial charge on any atom is 0.361 e. The van der Waals surface area contributed by atoms with E-state index in [-0.39, 0.29) is 6.03 Å². The summed E-state index contributed by atoms with van der Waals surface area (Å²) >= 11 is 0. The molecule has 0 atom stereocenters. The predicted molar refractivity (Wildman–Crippen MR) is 78.7 cm³/mol. The van der Waals surface area contributed by atoms with Crippen LogP contribution in [-0.2, 0) is 0 Å². The van der Waals surface area contributed by atoms with Gasteiger partial charge in [0.15, 0.2) is 0 Å². The van der Waals surface area contributed by atoms with Crippen LogP contribution in [0, 0.1) is 6.92 Å². The largest absolute Gasteiger partial charge is 0.372 e. The summed E-state index contributed by atoms with van der Waals surface area (Å²) in [5, 5.41) is 0. The van der Waals surface area contributed by atoms with Crippen molar-refractivity contribution in [2.45, 2.75) is 6.92 Å². The van der Waals surface area contributed by atoms with Gasteiger partial charge in [0.05, 0.1) is 0 Å². The van der Waals surface area contributed by atoms with Crippen molar-refractivity contribution in [3.63, 3.8) is 0 Å². The second-order valence-electron chi connectivity index (χ2n) is 5.07. The monoisotopic (exact) mass is 287 g/mol. The Morgan fingerprint density at radius 3 is 2.33 bits per heavy atom. The fourth-order valence-electron chi connectivity index (χ4n) is 2.50. The van der Waals surface area contributed by atoms with Crippen molar-refractivity contribution in [3.8, 4) is 0 Å². The van der Waals surface area contributed by atoms with Crippen molar-refractivity contribution in [1.82, 2.24) is 9.64 Å². The number of carbonyl (C=O) groups excluding carboxylic acids is 1. The zero-order chi connectivity index (χ0) is 14.8. The van der Waals surface area contributed by atoms with Crippen molar-refractivity contribution in [2.75, 3.05) is 31.1 Å². The normalized spacial score (nSPS) is 15.3. The second-order valence-corrected chi connectivity index (χ2v) is 5.07. The molecule has 2 aromatic rings. The molecule has 1 saturated heterocycles. The Morgan fingerprint density at radius 2 is 1.76 bits per heavy atom. The highest BCUT2D eigenvalue weighted by Gasteiger charge is 2.24. The lowest BCUT2D eigenvalue weighted by Crippen LogP contribution is -2.51. The molecule has 0 N–H and O–H groups in total. The molecule has 0 unspecified atom stereocenters. The smallest absolute Gasteiger partial charge is 0.361 e. The Kier molecular flexibility index (Phi) is 3.51. The number of para-hydroxylation sites is 1. The van der Waals surface area contributed by atoms with Crippen LogP contribution in [-0.4, -0.2) is 41.8 Å². The Bertz CT molecular complexity index is 682. The minimum absolute atomic E-state index is 0.388. The molecule has 1 fully saturated rings. The van der Waals surface area contributed by atoms with Crippen molar-refractivity contribution < 1.29 is 9.32 Å². The van der Waals surface area contributed by atoms with Gasteiger partial charge >= 0.3 is 6.03 Å². The lowest BCUT2D eigenvalue weighted by atomic mass is 10.2. The SMILES string of the molecule is Cc1cc(=O)n(C(=O)N2CCN(c3ccccc3)CC2)o1. The molecule has 1 aliphatic rings. The van der Waals surface area contributed by atoms with Gasteiger partial charge in [-0.15, -0.1) is 0 Å². The van der Waals surface area contributed by atoms with Crippen LogP contribution in [0.1, 0.15) is 5.76 Å². The minimum atomic E-state index is -0.414. The van der Waals surface area contributed by atoms with Gasteiger partial charge in [0.2, 0.25) is 0 Å². The minimum Gasteiger partial charge on any atom is -0.372 e. The summed E-state index contributed by atoms with van der Waals surface area (Å²) in [6.07, 6.45) is 0. The Labute approximate surface area is 122 Å². The van der Waals surface area contributed by atoms with Crippen LogP contribution in [0.25, 0.3) is 0 Å². The number of aromatic nitrogens is 1. The molecule has 1 aromatic heterocycles. The van der Waals surface area contributed by atoms with Crippen LogP contribution in [0.2, 0.25) is 0 Å². The van der Waals surface area contributed by atoms with Crippen LogP contribution >= 0.6 is 0 Å². The third kappa shape index (κ3) is 2.69. The van der Waals surface area contributed by atoms with Gasteiger partial charge in [0.25, 0.3) is 5.56 Å². The maximum absolute atomic E-state index is 12.3. The standard InChI is InChI=1S/C15H17N3O3/c1-12-11-14(19)18(21-12)15(20)17-9-7-16(8-10-17)13-5-3-2-4-6-13/h2-6,11H,7-10H2,1H3. The van der Waals surface area contributed by atoms with Gasteiger partial charge in [-0.1, -0.05) is 22.9 Å². The van der Waals surface area contributed by atoms with E-state index in [1.807, 2.05) is 18.2 Å². The number of rotatable bonds is 1. The number of nitrogens with zero attached hydrogens (tertiary/aromatic N) is 3. The first-order valence-corrected chi connectivity index (χ1v) is 6.94. The lowest BCUT2D eigenvalue weighted by Gasteiger charge is -2.35. The first kappa shape index (κ1) is 13.5. The molecule has 110 valence electrons. The van der Waals surface area contributed by atoms with E-state index in [1.54, 1.807) is 11.8 Å². The molecule has 0 radical (unpaired) electrons. The van der Waals surface area contributed by atoms with E-state index >= 15 is 0 Å². The summed E-state index contributed by atoms with van der Waals surface area (Å²) in [7, 11) is 0. The average molecular weight is 287 g/mol. The number of anilines is 1. The highest BCUT2D eigenvalue weighted by atomic mass is 16.5. The summed E-state index contributed by atoms with van der Waals surface area (Å²) < 4.78 is 5.97. The number of benzene rings is 1. The molecule has 3 rings (SSSR count). The Morgan fingerprint density at radius 1 is 1.10 bits per heavy atom. The van der Waals surface area contributed by atoms with E-state index in [0.29, 0.717) is 18.8 Å². The highest BCUT2D eigenvalue weighted by Crippen LogP contribution is 2.15. The van der Waals surface area contributed by atoms with Gasteiger partial charge in [0.1, 0.15) is 5.76 Å². The molecular weight excluding hydrogens is 270 g/mol. The van der Waals surface area contributed by atoms with Gasteiger partial charge in [-0.05, 0) is 19.1 Å². The van der Waals surface area contributed by atoms with Crippen LogP contribution in [0.4, 0.5) is 10.5 Å². The Balaban J connectivity index is 1.67. The first-order valence-electron chi connectivity index (χ1n) is 6.94. The lowest BCUT2D eigenvalue weighted by molar-refractivity contribution is 0.162. The van der Waals surface area contributed by atoms with Gasteiger partial charge < -0.3 is 14.3 Å². The van der Waals surface area contributed by atoms with Gasteiger partial charge in [0, 0.05) is 37.9 Å². The second kappa shape index (κ2) is 5.47. The summed E-state index contributed by atoms with van der Waals surface area (Å²) in [5.74, 6) is 0.441. The molecule has 1 amide bonds. The number of carbonyl (C=O) groups is 1. The molecule has 0 spiro atoms. The zero-order valence-electron chi connectivity index (χ0n) is 11.9. The molecule has 1 aliphatic heterocycles. The van der Waals surface area contributed by atoms with E-state index in [0.717, 1.165) is 23.5 Å². The zero-order valence-corrected chi connectivity index (χ0v) is 11.9. The van der Waals surface area contributed by atoms with Crippen molar-refractivity contribution >= 4 is 11.7 Å². The number of piperazine rings is 1. The molecule has 2 heterocycles. The predicted octanol–water partition coefficient (Wildman–Crippen LogP) is 1.54. The fourth-order valence-corrected chi connectivity index (χ4v) is 2.50. The van der Waals surface area contributed by atoms with Crippen LogP contribution in [0.3, 0.4) is 0 Å². The summed E-state index contributed by atoms with van der Waals surface area (Å²) in [5.41, 5.74) is 0.735. The highest BCUT2D eigenvalue weighted by molar-refractivity contribution is 5.75. The Hall–Kier alpha value is -2.50. The van der Waals surface area contributed by atoms with Crippen LogP contribution in [0.5, 0.6) is 0 Å². The van der Waals surface area contributed by atoms with Gasteiger partial charge in [-0.2, -0.15) is 0 Å². The number of aryl methyl sites for hydroxylation is 1. The maximum atomic E-state index is 12.3. The van der Waals surface area contributed by atoms with E-state index in [1.165, 1.54) is 6.07 Å². The third-order valence-electron chi connectivity index (χ3n) is 3.61. The van der Waals surface area contributed by atoms with Crippen molar-refractivity contribution in [1.29, 1.82) is 0 Å². The average Bonchev–Trinajstić information content (AvgIpc) is 2.86. The van der Waals surface area contributed by atoms with Crippen LogP contribution in [0.15, 0.2) is 45.7 Å². The van der Waals surface area contributed by atoms with Gasteiger partial charge in [-0.3, -0.25) is 4.79 Å². The fraction of sp³-hybridized carbons (Fsp3) is 0.333. The van der Waals surface area contributed by atoms with Crippen LogP contribution < -0.4 is 10.5 Å². The number of amides is 1. The number of hydrogen-bond donors (Lipinski definition) is 0. The molecule has 0 saturated carbocycles. The van der Waals surface area contributed by atoms with E-state index < -0.39 is 5.56 Å². The quantitative estimate of drug-likeness (QED) is 0.798. The molecule has 0 aliphatic carbocycles. The molecular formula is C15H17N3O3. The van der Waals surface area contributed by atoms with E-state index in [4.69, 9.17) is 4.52 Å². The van der Waals surface area contributed by atoms with Crippen molar-refractivity contribution in [3.05, 3.63) is 52.5 Å². The molecule has 6 nitrogen and oxygen atoms in total. The first-order chi connectivity index (χ1) is 10.1. The van der Waals surface area contributed by atoms with Gasteiger partial charge in [-0.25, -0.2) is 4.79 Å². The summed E-state index contributed by atoms with van der Waals surface area (Å²) in [6.45, 7) is 4.27. The number of hydrogen-bond acceptors (Lipinski definition) is 4. The topological polar surface area (TPSA) is 58.7 Å². The molecule has 21 heavy (non-hydrogen) atoms.